The minimum Gasteiger partial charge on any atom is -0.446 e. The first kappa shape index (κ1) is 28.4. The zero-order valence-electron chi connectivity index (χ0n) is 21.4. The predicted molar refractivity (Wildman–Crippen MR) is 127 cm³/mol. The summed E-state index contributed by atoms with van der Waals surface area (Å²) in [6, 6.07) is -1.70. The minimum atomic E-state index is -0.885. The molecule has 2 aliphatic heterocycles. The molecule has 0 bridgehead atoms. The maximum atomic E-state index is 12.9. The van der Waals surface area contributed by atoms with Crippen molar-refractivity contribution in [2.24, 2.45) is 11.8 Å². The van der Waals surface area contributed by atoms with Crippen LogP contribution < -0.4 is 16.0 Å². The summed E-state index contributed by atoms with van der Waals surface area (Å²) >= 11 is 0. The molecule has 0 aromatic heterocycles. The van der Waals surface area contributed by atoms with E-state index in [0.29, 0.717) is 51.6 Å². The first-order chi connectivity index (χ1) is 16.4. The Bertz CT molecular complexity index is 772. The number of likely N-dealkylation sites (tertiary alicyclic amines) is 1. The highest BCUT2D eigenvalue weighted by molar-refractivity contribution is 5.88. The fourth-order valence-electron chi connectivity index (χ4n) is 4.12. The number of carbonyl (C=O) groups excluding carboxylic acids is 5. The van der Waals surface area contributed by atoms with Crippen molar-refractivity contribution in [2.45, 2.75) is 90.5 Å². The molecule has 2 aliphatic rings. The van der Waals surface area contributed by atoms with Crippen LogP contribution in [0.5, 0.6) is 0 Å². The summed E-state index contributed by atoms with van der Waals surface area (Å²) in [5, 5.41) is 7.98. The largest absolute Gasteiger partial charge is 0.446 e. The van der Waals surface area contributed by atoms with Gasteiger partial charge in [0.15, 0.2) is 0 Å². The van der Waals surface area contributed by atoms with E-state index in [2.05, 4.69) is 16.0 Å². The Labute approximate surface area is 207 Å². The molecule has 2 saturated heterocycles. The maximum absolute atomic E-state index is 12.9. The third-order valence-electron chi connectivity index (χ3n) is 5.88. The summed E-state index contributed by atoms with van der Waals surface area (Å²) in [5.74, 6) is -0.841. The summed E-state index contributed by atoms with van der Waals surface area (Å²) < 4.78 is 10.9. The summed E-state index contributed by atoms with van der Waals surface area (Å²) in [7, 11) is 0. The Morgan fingerprint density at radius 1 is 1.14 bits per heavy atom. The van der Waals surface area contributed by atoms with Gasteiger partial charge in [0.1, 0.15) is 24.0 Å². The van der Waals surface area contributed by atoms with Crippen molar-refractivity contribution in [1.82, 2.24) is 20.9 Å². The van der Waals surface area contributed by atoms with Crippen molar-refractivity contribution in [3.8, 4) is 0 Å². The van der Waals surface area contributed by atoms with E-state index in [9.17, 15) is 24.0 Å². The van der Waals surface area contributed by atoms with Crippen LogP contribution in [-0.4, -0.2) is 78.6 Å². The van der Waals surface area contributed by atoms with Gasteiger partial charge in [-0.15, -0.1) is 0 Å². The Balaban J connectivity index is 1.85. The van der Waals surface area contributed by atoms with E-state index in [4.69, 9.17) is 9.47 Å². The van der Waals surface area contributed by atoms with E-state index in [0.717, 1.165) is 0 Å². The van der Waals surface area contributed by atoms with Gasteiger partial charge in [0.05, 0.1) is 6.04 Å². The second kappa shape index (κ2) is 12.7. The van der Waals surface area contributed by atoms with Gasteiger partial charge in [-0.3, -0.25) is 9.59 Å². The third-order valence-corrected chi connectivity index (χ3v) is 5.88. The molecule has 2 fully saturated rings. The Hall–Kier alpha value is -2.85. The lowest BCUT2D eigenvalue weighted by Crippen LogP contribution is -2.52. The molecule has 3 atom stereocenters. The molecule has 2 rings (SSSR count). The van der Waals surface area contributed by atoms with Gasteiger partial charge in [-0.25, -0.2) is 9.59 Å². The quantitative estimate of drug-likeness (QED) is 0.413. The SMILES string of the molecule is CC(C)CC(NC(=O)OC1CCN(C(=O)OC(C)(C)C)CC1)C(=O)NC(C=O)C[C@@H]1CCNC1=O. The van der Waals surface area contributed by atoms with E-state index in [1.807, 2.05) is 13.8 Å². The standard InChI is InChI=1S/C24H40N4O7/c1-15(2)12-19(21(31)26-17(14-29)13-16-6-9-25-20(16)30)27-22(32)34-18-7-10-28(11-8-18)23(33)35-24(3,4)5/h14-19H,6-13H2,1-5H3,(H,25,30)(H,26,31)(H,27,32)/t16-,17?,19?/m0/s1. The zero-order valence-corrected chi connectivity index (χ0v) is 21.4. The Morgan fingerprint density at radius 3 is 2.31 bits per heavy atom. The van der Waals surface area contributed by atoms with Crippen molar-refractivity contribution >= 4 is 30.3 Å². The van der Waals surface area contributed by atoms with Crippen molar-refractivity contribution in [1.29, 1.82) is 0 Å². The van der Waals surface area contributed by atoms with Gasteiger partial charge in [0, 0.05) is 38.4 Å². The number of nitrogens with zero attached hydrogens (tertiary/aromatic N) is 1. The fraction of sp³-hybridized carbons (Fsp3) is 0.792. The van der Waals surface area contributed by atoms with Crippen molar-refractivity contribution in [3.05, 3.63) is 0 Å². The van der Waals surface area contributed by atoms with Gasteiger partial charge in [-0.05, 0) is 46.0 Å². The number of nitrogens with one attached hydrogen (secondary N) is 3. The van der Waals surface area contributed by atoms with Gasteiger partial charge in [-0.2, -0.15) is 0 Å². The number of hydrogen-bond acceptors (Lipinski definition) is 7. The van der Waals surface area contributed by atoms with Crippen molar-refractivity contribution in [2.75, 3.05) is 19.6 Å². The van der Waals surface area contributed by atoms with Crippen molar-refractivity contribution < 1.29 is 33.4 Å². The molecule has 11 heteroatoms. The van der Waals surface area contributed by atoms with Crippen molar-refractivity contribution in [3.63, 3.8) is 0 Å². The van der Waals surface area contributed by atoms with Crippen LogP contribution in [0.2, 0.25) is 0 Å². The van der Waals surface area contributed by atoms with Crippen LogP contribution in [0, 0.1) is 11.8 Å². The maximum Gasteiger partial charge on any atom is 0.410 e. The molecule has 0 radical (unpaired) electrons. The number of carbonyl (C=O) groups is 5. The lowest BCUT2D eigenvalue weighted by molar-refractivity contribution is -0.127. The van der Waals surface area contributed by atoms with Crippen LogP contribution in [0.4, 0.5) is 9.59 Å². The Morgan fingerprint density at radius 2 is 1.80 bits per heavy atom. The third kappa shape index (κ3) is 9.73. The minimum absolute atomic E-state index is 0.0957. The smallest absolute Gasteiger partial charge is 0.410 e. The van der Waals surface area contributed by atoms with E-state index in [1.54, 1.807) is 25.7 Å². The number of ether oxygens (including phenoxy) is 2. The van der Waals surface area contributed by atoms with Gasteiger partial charge >= 0.3 is 12.2 Å². The van der Waals surface area contributed by atoms with E-state index in [1.165, 1.54) is 0 Å². The molecule has 0 aromatic rings. The van der Waals surface area contributed by atoms with Gasteiger partial charge < -0.3 is 35.1 Å². The molecule has 11 nitrogen and oxygen atoms in total. The molecule has 2 unspecified atom stereocenters. The molecule has 0 spiro atoms. The number of alkyl carbamates (subject to hydrolysis) is 1. The average molecular weight is 497 g/mol. The number of aldehydes is 1. The number of amides is 4. The molecule has 0 aromatic carbocycles. The number of hydrogen-bond donors (Lipinski definition) is 3. The fourth-order valence-corrected chi connectivity index (χ4v) is 4.12. The second-order valence-electron chi connectivity index (χ2n) is 10.7. The zero-order chi connectivity index (χ0) is 26.2. The molecule has 4 amide bonds. The molecular formula is C24H40N4O7. The topological polar surface area (TPSA) is 143 Å². The average Bonchev–Trinajstić information content (AvgIpc) is 3.15. The lowest BCUT2D eigenvalue weighted by atomic mass is 9.98. The summed E-state index contributed by atoms with van der Waals surface area (Å²) in [6.07, 6.45) is 1.23. The molecule has 35 heavy (non-hydrogen) atoms. The predicted octanol–water partition coefficient (Wildman–Crippen LogP) is 1.74. The monoisotopic (exact) mass is 496 g/mol. The van der Waals surface area contributed by atoms with Crippen LogP contribution >= 0.6 is 0 Å². The van der Waals surface area contributed by atoms with Gasteiger partial charge in [-0.1, -0.05) is 13.8 Å². The summed E-state index contributed by atoms with van der Waals surface area (Å²) in [6.45, 7) is 10.6. The molecule has 0 saturated carbocycles. The molecule has 3 N–H and O–H groups in total. The highest BCUT2D eigenvalue weighted by atomic mass is 16.6. The van der Waals surface area contributed by atoms with E-state index in [-0.39, 0.29) is 30.3 Å². The second-order valence-corrected chi connectivity index (χ2v) is 10.7. The van der Waals surface area contributed by atoms with Gasteiger partial charge in [0.25, 0.3) is 0 Å². The van der Waals surface area contributed by atoms with Crippen LogP contribution in [0.1, 0.15) is 66.7 Å². The lowest BCUT2D eigenvalue weighted by Gasteiger charge is -2.33. The highest BCUT2D eigenvalue weighted by Crippen LogP contribution is 2.18. The first-order valence-electron chi connectivity index (χ1n) is 12.4. The van der Waals surface area contributed by atoms with Crippen LogP contribution in [0.3, 0.4) is 0 Å². The number of piperidine rings is 1. The van der Waals surface area contributed by atoms with E-state index < -0.39 is 35.8 Å². The summed E-state index contributed by atoms with van der Waals surface area (Å²) in [4.78, 5) is 62.5. The summed E-state index contributed by atoms with van der Waals surface area (Å²) in [5.41, 5.74) is -0.581. The molecular weight excluding hydrogens is 456 g/mol. The highest BCUT2D eigenvalue weighted by Gasteiger charge is 2.32. The van der Waals surface area contributed by atoms with Crippen LogP contribution in [0.15, 0.2) is 0 Å². The number of rotatable bonds is 9. The Kier molecular flexibility index (Phi) is 10.3. The first-order valence-corrected chi connectivity index (χ1v) is 12.4. The van der Waals surface area contributed by atoms with Gasteiger partial charge in [0.2, 0.25) is 11.8 Å². The normalized spacial score (nSPS) is 20.6. The molecule has 0 aliphatic carbocycles. The van der Waals surface area contributed by atoms with E-state index >= 15 is 0 Å². The molecule has 198 valence electrons. The van der Waals surface area contributed by atoms with Crippen LogP contribution in [-0.2, 0) is 23.9 Å². The van der Waals surface area contributed by atoms with Crippen LogP contribution in [0.25, 0.3) is 0 Å². The molecule has 2 heterocycles.